The van der Waals surface area contributed by atoms with Crippen LogP contribution in [-0.4, -0.2) is 76.4 Å². The molecule has 1 heterocycles. The summed E-state index contributed by atoms with van der Waals surface area (Å²) in [5.41, 5.74) is 2.84. The molecule has 2 atom stereocenters. The van der Waals surface area contributed by atoms with Crippen molar-refractivity contribution in [3.05, 3.63) is 77.9 Å². The van der Waals surface area contributed by atoms with E-state index in [4.69, 9.17) is 18.9 Å². The van der Waals surface area contributed by atoms with E-state index in [-0.39, 0.29) is 23.8 Å². The third-order valence-electron chi connectivity index (χ3n) is 6.87. The summed E-state index contributed by atoms with van der Waals surface area (Å²) >= 11 is 1.53. The minimum absolute atomic E-state index is 0. The number of esters is 1. The molecule has 0 aromatic heterocycles. The summed E-state index contributed by atoms with van der Waals surface area (Å²) in [6.45, 7) is 3.22. The zero-order valence-electron chi connectivity index (χ0n) is 24.5. The van der Waals surface area contributed by atoms with Crippen molar-refractivity contribution in [3.8, 4) is 17.2 Å². The second-order valence-corrected chi connectivity index (χ2v) is 10.7. The highest BCUT2D eigenvalue weighted by atomic mass is 35.5. The first-order valence-electron chi connectivity index (χ1n) is 13.1. The van der Waals surface area contributed by atoms with Crippen molar-refractivity contribution in [2.75, 3.05) is 52.9 Å². The van der Waals surface area contributed by atoms with Crippen LogP contribution in [0.2, 0.25) is 0 Å². The highest BCUT2D eigenvalue weighted by molar-refractivity contribution is 7.99. The van der Waals surface area contributed by atoms with Gasteiger partial charge in [0.1, 0.15) is 5.75 Å². The molecule has 1 aliphatic heterocycles. The van der Waals surface area contributed by atoms with Crippen LogP contribution in [0.3, 0.4) is 0 Å². The van der Waals surface area contributed by atoms with Crippen molar-refractivity contribution in [2.45, 2.75) is 29.6 Å². The van der Waals surface area contributed by atoms with E-state index in [2.05, 4.69) is 4.90 Å². The molecule has 11 heteroatoms. The molecule has 0 saturated heterocycles. The number of halogens is 1. The number of fused-ring (bicyclic) bond motifs is 1. The van der Waals surface area contributed by atoms with E-state index in [9.17, 15) is 9.59 Å². The number of thioether (sulfide) groups is 1. The summed E-state index contributed by atoms with van der Waals surface area (Å²) < 4.78 is 21.8. The number of anilines is 1. The molecule has 1 amide bonds. The van der Waals surface area contributed by atoms with E-state index in [1.165, 1.54) is 18.7 Å². The lowest BCUT2D eigenvalue weighted by Crippen LogP contribution is -2.45. The van der Waals surface area contributed by atoms with Crippen molar-refractivity contribution in [1.82, 2.24) is 4.90 Å². The van der Waals surface area contributed by atoms with Gasteiger partial charge in [-0.05, 0) is 61.0 Å². The van der Waals surface area contributed by atoms with Crippen LogP contribution >= 0.6 is 24.2 Å². The predicted octanol–water partition coefficient (Wildman–Crippen LogP) is 4.60. The lowest BCUT2D eigenvalue weighted by atomic mass is 10.1. The quantitative estimate of drug-likeness (QED) is 0.287. The summed E-state index contributed by atoms with van der Waals surface area (Å²) in [7, 11) is 6.90. The van der Waals surface area contributed by atoms with Gasteiger partial charge < -0.3 is 34.2 Å². The van der Waals surface area contributed by atoms with Gasteiger partial charge in [0.15, 0.2) is 17.6 Å². The average Bonchev–Trinajstić information content (AvgIpc) is 3.08. The number of nitrogens with zero attached hydrogens (tertiary/aromatic N) is 2. The molecule has 2 N–H and O–H groups in total. The van der Waals surface area contributed by atoms with Gasteiger partial charge in [0.2, 0.25) is 0 Å². The summed E-state index contributed by atoms with van der Waals surface area (Å²) in [5.74, 6) is 1.40. The van der Waals surface area contributed by atoms with Gasteiger partial charge in [-0.2, -0.15) is 0 Å². The number of rotatable bonds is 11. The molecule has 1 aliphatic rings. The SMILES string of the molecule is COc1ccc([C@@H]2Sc3ccccc3N(CCN(C)CCc3ccc(OC)c(OC)c3)C(=O)[C@@H]2OC(C)=O)cc1.Cl.O. The lowest BCUT2D eigenvalue weighted by molar-refractivity contribution is -0.152. The summed E-state index contributed by atoms with van der Waals surface area (Å²) in [6.07, 6.45) is -0.160. The Morgan fingerprint density at radius 3 is 2.26 bits per heavy atom. The fourth-order valence-electron chi connectivity index (χ4n) is 4.68. The number of benzene rings is 3. The number of hydrogen-bond acceptors (Lipinski definition) is 8. The Morgan fingerprint density at radius 2 is 1.62 bits per heavy atom. The van der Waals surface area contributed by atoms with Crippen LogP contribution in [0.15, 0.2) is 71.6 Å². The highest BCUT2D eigenvalue weighted by Gasteiger charge is 2.40. The van der Waals surface area contributed by atoms with E-state index in [0.717, 1.165) is 40.4 Å². The van der Waals surface area contributed by atoms with Gasteiger partial charge in [0.05, 0.1) is 32.3 Å². The maximum atomic E-state index is 14.0. The maximum absolute atomic E-state index is 14.0. The number of likely N-dealkylation sites (N-methyl/N-ethyl adjacent to an activating group) is 1. The lowest BCUT2D eigenvalue weighted by Gasteiger charge is -2.29. The number of amides is 1. The third kappa shape index (κ3) is 8.32. The summed E-state index contributed by atoms with van der Waals surface area (Å²) in [5, 5.41) is -0.406. The smallest absolute Gasteiger partial charge is 0.303 e. The Hall–Kier alpha value is -3.44. The Kier molecular flexibility index (Phi) is 13.5. The fourth-order valence-corrected chi connectivity index (χ4v) is 6.00. The Balaban J connectivity index is 0.00000308. The fraction of sp³-hybridized carbons (Fsp3) is 0.355. The van der Waals surface area contributed by atoms with Gasteiger partial charge in [0, 0.05) is 31.5 Å². The minimum atomic E-state index is -0.972. The zero-order valence-corrected chi connectivity index (χ0v) is 26.1. The largest absolute Gasteiger partial charge is 0.497 e. The first kappa shape index (κ1) is 34.8. The van der Waals surface area contributed by atoms with E-state index in [0.29, 0.717) is 24.6 Å². The number of hydrogen-bond donors (Lipinski definition) is 0. The number of ether oxygens (including phenoxy) is 4. The number of carbonyl (C=O) groups excluding carboxylic acids is 2. The molecule has 0 aliphatic carbocycles. The van der Waals surface area contributed by atoms with Crippen molar-refractivity contribution in [3.63, 3.8) is 0 Å². The van der Waals surface area contributed by atoms with Crippen LogP contribution in [0.5, 0.6) is 17.2 Å². The van der Waals surface area contributed by atoms with E-state index < -0.39 is 17.3 Å². The molecule has 0 saturated carbocycles. The molecule has 0 bridgehead atoms. The standard InChI is InChI=1S/C31H36N2O6S.ClH.H2O/c1-21(34)39-29-30(23-11-13-24(36-3)14-12-23)40-28-9-7-6-8-25(28)33(31(29)35)19-18-32(2)17-16-22-10-15-26(37-4)27(20-22)38-5;;/h6-15,20,29-30H,16-19H2,1-5H3;1H;1H2/t29-,30+;;/m1../s1. The first-order chi connectivity index (χ1) is 19.3. The molecule has 0 spiro atoms. The molecule has 228 valence electrons. The zero-order chi connectivity index (χ0) is 28.6. The van der Waals surface area contributed by atoms with E-state index >= 15 is 0 Å². The van der Waals surface area contributed by atoms with E-state index in [1.54, 1.807) is 26.2 Å². The van der Waals surface area contributed by atoms with Crippen molar-refractivity contribution in [2.24, 2.45) is 0 Å². The third-order valence-corrected chi connectivity index (χ3v) is 8.24. The van der Waals surface area contributed by atoms with E-state index in [1.807, 2.05) is 73.8 Å². The van der Waals surface area contributed by atoms with Crippen LogP contribution < -0.4 is 19.1 Å². The molecule has 3 aromatic carbocycles. The van der Waals surface area contributed by atoms with Gasteiger partial charge in [-0.3, -0.25) is 9.59 Å². The Bertz CT molecular complexity index is 1320. The molecule has 3 aromatic rings. The molecule has 0 unspecified atom stereocenters. The monoisotopic (exact) mass is 618 g/mol. The van der Waals surface area contributed by atoms with Gasteiger partial charge in [-0.25, -0.2) is 0 Å². The van der Waals surface area contributed by atoms with Crippen LogP contribution in [0.1, 0.15) is 23.3 Å². The molecule has 9 nitrogen and oxygen atoms in total. The Labute approximate surface area is 257 Å². The number of para-hydroxylation sites is 1. The first-order valence-corrected chi connectivity index (χ1v) is 14.0. The van der Waals surface area contributed by atoms with Gasteiger partial charge >= 0.3 is 5.97 Å². The van der Waals surface area contributed by atoms with Crippen LogP contribution in [0.4, 0.5) is 5.69 Å². The molecule has 42 heavy (non-hydrogen) atoms. The maximum Gasteiger partial charge on any atom is 0.303 e. The topological polar surface area (TPSA) is 109 Å². The molecule has 4 rings (SSSR count). The molecule has 0 fully saturated rings. The number of methoxy groups -OCH3 is 3. The second kappa shape index (κ2) is 16.3. The van der Waals surface area contributed by atoms with Crippen molar-refractivity contribution < 1.29 is 34.0 Å². The molecular weight excluding hydrogens is 580 g/mol. The molecule has 0 radical (unpaired) electrons. The van der Waals surface area contributed by atoms with Gasteiger partial charge in [-0.15, -0.1) is 24.2 Å². The average molecular weight is 619 g/mol. The summed E-state index contributed by atoms with van der Waals surface area (Å²) in [4.78, 5) is 31.1. The molecular formula is C31H39ClN2O7S. The highest BCUT2D eigenvalue weighted by Crippen LogP contribution is 2.46. The van der Waals surface area contributed by atoms with Crippen LogP contribution in [0.25, 0.3) is 0 Å². The van der Waals surface area contributed by atoms with Crippen LogP contribution in [0, 0.1) is 0 Å². The Morgan fingerprint density at radius 1 is 0.929 bits per heavy atom. The van der Waals surface area contributed by atoms with Crippen molar-refractivity contribution in [1.29, 1.82) is 0 Å². The number of carbonyl (C=O) groups is 2. The van der Waals surface area contributed by atoms with Crippen LogP contribution in [-0.2, 0) is 20.7 Å². The predicted molar refractivity (Wildman–Crippen MR) is 168 cm³/mol. The van der Waals surface area contributed by atoms with Crippen molar-refractivity contribution >= 4 is 41.7 Å². The second-order valence-electron chi connectivity index (χ2n) is 9.54. The summed E-state index contributed by atoms with van der Waals surface area (Å²) in [6, 6.07) is 21.3. The van der Waals surface area contributed by atoms with Gasteiger partial charge in [-0.1, -0.05) is 30.3 Å². The minimum Gasteiger partial charge on any atom is -0.497 e. The van der Waals surface area contributed by atoms with Gasteiger partial charge in [0.25, 0.3) is 5.91 Å². The normalized spacial score (nSPS) is 16.0.